The number of para-hydroxylation sites is 1. The summed E-state index contributed by atoms with van der Waals surface area (Å²) in [5.74, 6) is -0.585. The molecular weight excluding hydrogens is 557 g/mol. The number of hydrogen-bond acceptors (Lipinski definition) is 5. The quantitative estimate of drug-likeness (QED) is 0.141. The third kappa shape index (κ3) is 6.19. The molecule has 202 valence electrons. The number of carbonyl (C=O) groups is 1. The molecule has 0 bridgehead atoms. The topological polar surface area (TPSA) is 71.3 Å². The maximum Gasteiger partial charge on any atom is 0.271 e. The van der Waals surface area contributed by atoms with Crippen LogP contribution in [-0.4, -0.2) is 21.7 Å². The summed E-state index contributed by atoms with van der Waals surface area (Å²) in [7, 11) is 0. The Hall–Kier alpha value is -4.79. The van der Waals surface area contributed by atoms with Gasteiger partial charge in [-0.1, -0.05) is 54.1 Å². The summed E-state index contributed by atoms with van der Waals surface area (Å²) in [5, 5.41) is 11.9. The van der Waals surface area contributed by atoms with Gasteiger partial charge in [0.25, 0.3) is 5.91 Å². The Kier molecular flexibility index (Phi) is 7.58. The van der Waals surface area contributed by atoms with Crippen LogP contribution in [0.5, 0.6) is 0 Å². The van der Waals surface area contributed by atoms with Gasteiger partial charge in [-0.25, -0.2) is 14.8 Å². The van der Waals surface area contributed by atoms with Crippen LogP contribution in [-0.2, 0) is 6.54 Å². The molecule has 0 unspecified atom stereocenters. The van der Waals surface area contributed by atoms with Crippen LogP contribution in [0.25, 0.3) is 22.2 Å². The zero-order valence-corrected chi connectivity index (χ0v) is 23.2. The van der Waals surface area contributed by atoms with Gasteiger partial charge in [-0.3, -0.25) is 4.79 Å². The summed E-state index contributed by atoms with van der Waals surface area (Å²) >= 11 is 7.45. The second-order valence-corrected chi connectivity index (χ2v) is 10.6. The maximum absolute atomic E-state index is 13.7. The molecule has 1 amide bonds. The van der Waals surface area contributed by atoms with Gasteiger partial charge in [-0.15, -0.1) is 11.3 Å². The summed E-state index contributed by atoms with van der Waals surface area (Å²) in [6, 6.07) is 29.1. The van der Waals surface area contributed by atoms with Crippen molar-refractivity contribution in [1.29, 1.82) is 0 Å². The molecule has 2 aromatic heterocycles. The van der Waals surface area contributed by atoms with Gasteiger partial charge < -0.3 is 9.88 Å². The van der Waals surface area contributed by atoms with Crippen LogP contribution in [0.1, 0.15) is 21.5 Å². The summed E-state index contributed by atoms with van der Waals surface area (Å²) < 4.78 is 15.7. The van der Waals surface area contributed by atoms with Crippen LogP contribution in [0.4, 0.5) is 15.2 Å². The highest BCUT2D eigenvalue weighted by Gasteiger charge is 2.10. The average molecular weight is 580 g/mol. The van der Waals surface area contributed by atoms with E-state index < -0.39 is 0 Å². The van der Waals surface area contributed by atoms with Gasteiger partial charge in [-0.2, -0.15) is 5.10 Å². The Morgan fingerprint density at radius 3 is 2.61 bits per heavy atom. The maximum atomic E-state index is 13.7. The van der Waals surface area contributed by atoms with Gasteiger partial charge in [0.2, 0.25) is 0 Å². The van der Waals surface area contributed by atoms with E-state index in [4.69, 9.17) is 11.6 Å². The van der Waals surface area contributed by atoms with Crippen molar-refractivity contribution in [2.24, 2.45) is 5.10 Å². The number of anilines is 2. The molecule has 2 N–H and O–H groups in total. The lowest BCUT2D eigenvalue weighted by Gasteiger charge is -2.05. The van der Waals surface area contributed by atoms with Crippen LogP contribution in [0.3, 0.4) is 0 Å². The van der Waals surface area contributed by atoms with Crippen molar-refractivity contribution in [3.05, 3.63) is 136 Å². The van der Waals surface area contributed by atoms with E-state index in [1.165, 1.54) is 23.5 Å². The summed E-state index contributed by atoms with van der Waals surface area (Å²) in [5.41, 5.74) is 8.40. The molecular formula is C32H23ClFN5OS. The van der Waals surface area contributed by atoms with Crippen LogP contribution >= 0.6 is 22.9 Å². The first-order valence-corrected chi connectivity index (χ1v) is 14.0. The van der Waals surface area contributed by atoms with Crippen molar-refractivity contribution in [3.8, 4) is 11.3 Å². The number of thiazole rings is 1. The molecule has 2 heterocycles. The molecule has 6 nitrogen and oxygen atoms in total. The van der Waals surface area contributed by atoms with E-state index in [-0.39, 0.29) is 11.7 Å². The number of benzene rings is 4. The number of fused-ring (bicyclic) bond motifs is 1. The summed E-state index contributed by atoms with van der Waals surface area (Å²) in [6.45, 7) is 0.516. The zero-order chi connectivity index (χ0) is 28.2. The molecule has 4 aromatic carbocycles. The van der Waals surface area contributed by atoms with Crippen LogP contribution in [0.2, 0.25) is 5.02 Å². The number of nitrogens with one attached hydrogen (secondary N) is 2. The number of halogens is 2. The number of hydrogen-bond donors (Lipinski definition) is 2. The second-order valence-electron chi connectivity index (χ2n) is 9.31. The Morgan fingerprint density at radius 1 is 1.00 bits per heavy atom. The van der Waals surface area contributed by atoms with Crippen LogP contribution < -0.4 is 10.7 Å². The molecule has 0 saturated heterocycles. The van der Waals surface area contributed by atoms with Crippen molar-refractivity contribution < 1.29 is 9.18 Å². The number of hydrazone groups is 1. The highest BCUT2D eigenvalue weighted by Crippen LogP contribution is 2.28. The number of carbonyl (C=O) groups excluding carboxylic acids is 1. The molecule has 6 aromatic rings. The first-order valence-electron chi connectivity index (χ1n) is 12.8. The Morgan fingerprint density at radius 2 is 1.80 bits per heavy atom. The molecule has 6 rings (SSSR count). The fourth-order valence-electron chi connectivity index (χ4n) is 4.48. The Balaban J connectivity index is 1.11. The lowest BCUT2D eigenvalue weighted by Crippen LogP contribution is -2.17. The van der Waals surface area contributed by atoms with Crippen molar-refractivity contribution in [3.63, 3.8) is 0 Å². The van der Waals surface area contributed by atoms with Crippen LogP contribution in [0, 0.1) is 5.82 Å². The molecule has 9 heteroatoms. The molecule has 0 atom stereocenters. The molecule has 41 heavy (non-hydrogen) atoms. The summed E-state index contributed by atoms with van der Waals surface area (Å²) in [4.78, 5) is 17.4. The standard InChI is InChI=1S/C32H23ClFN5OS/c33-25-12-14-27(15-13-25)36-32-37-29(20-41-32)22-8-10-23(11-9-22)31(40)38-35-17-24-19-39(30-7-2-1-6-28(24)30)18-21-4-3-5-26(34)16-21/h1-17,19-20H,18H2,(H,36,37)(H,38,40)/b35-17-. The third-order valence-electron chi connectivity index (χ3n) is 6.47. The smallest absolute Gasteiger partial charge is 0.271 e. The summed E-state index contributed by atoms with van der Waals surface area (Å²) in [6.07, 6.45) is 3.57. The van der Waals surface area contributed by atoms with Crippen molar-refractivity contribution >= 4 is 56.8 Å². The molecule has 0 aliphatic heterocycles. The number of amides is 1. The van der Waals surface area contributed by atoms with E-state index in [1.807, 2.05) is 82.9 Å². The highest BCUT2D eigenvalue weighted by molar-refractivity contribution is 7.14. The minimum Gasteiger partial charge on any atom is -0.342 e. The minimum absolute atomic E-state index is 0.265. The van der Waals surface area contributed by atoms with Gasteiger partial charge >= 0.3 is 0 Å². The monoisotopic (exact) mass is 579 g/mol. The van der Waals surface area contributed by atoms with Gasteiger partial charge in [0.05, 0.1) is 11.9 Å². The first kappa shape index (κ1) is 26.4. The predicted molar refractivity (Wildman–Crippen MR) is 165 cm³/mol. The Labute approximate surface area is 244 Å². The van der Waals surface area contributed by atoms with E-state index in [2.05, 4.69) is 20.8 Å². The minimum atomic E-state index is -0.320. The molecule has 0 aliphatic rings. The van der Waals surface area contributed by atoms with Gasteiger partial charge in [-0.05, 0) is 60.2 Å². The van der Waals surface area contributed by atoms with Crippen molar-refractivity contribution in [2.75, 3.05) is 5.32 Å². The predicted octanol–water partition coefficient (Wildman–Crippen LogP) is 8.11. The van der Waals surface area contributed by atoms with Crippen molar-refractivity contribution in [1.82, 2.24) is 15.0 Å². The highest BCUT2D eigenvalue weighted by atomic mass is 35.5. The number of nitrogens with zero attached hydrogens (tertiary/aromatic N) is 3. The Bertz CT molecular complexity index is 1860. The molecule has 0 fully saturated rings. The molecule has 0 saturated carbocycles. The lowest BCUT2D eigenvalue weighted by atomic mass is 10.1. The van der Waals surface area contributed by atoms with E-state index in [0.29, 0.717) is 17.1 Å². The van der Waals surface area contributed by atoms with Crippen molar-refractivity contribution in [2.45, 2.75) is 6.54 Å². The number of aromatic nitrogens is 2. The SMILES string of the molecule is O=C(N/N=C\c1cn(Cc2cccc(F)c2)c2ccccc12)c1ccc(-c2csc(Nc3ccc(Cl)cc3)n2)cc1. The zero-order valence-electron chi connectivity index (χ0n) is 21.6. The molecule has 0 aliphatic carbocycles. The van der Waals surface area contributed by atoms with Gasteiger partial charge in [0.15, 0.2) is 5.13 Å². The average Bonchev–Trinajstić information content (AvgIpc) is 3.59. The van der Waals surface area contributed by atoms with E-state index in [0.717, 1.165) is 44.1 Å². The first-order chi connectivity index (χ1) is 20.0. The van der Waals surface area contributed by atoms with E-state index in [9.17, 15) is 9.18 Å². The van der Waals surface area contributed by atoms with E-state index in [1.54, 1.807) is 24.4 Å². The fourth-order valence-corrected chi connectivity index (χ4v) is 5.34. The largest absolute Gasteiger partial charge is 0.342 e. The number of rotatable bonds is 8. The van der Waals surface area contributed by atoms with Gasteiger partial charge in [0, 0.05) is 56.4 Å². The van der Waals surface area contributed by atoms with Gasteiger partial charge in [0.1, 0.15) is 5.82 Å². The van der Waals surface area contributed by atoms with Crippen LogP contribution in [0.15, 0.2) is 114 Å². The second kappa shape index (κ2) is 11.8. The molecule has 0 radical (unpaired) electrons. The third-order valence-corrected chi connectivity index (χ3v) is 7.48. The van der Waals surface area contributed by atoms with E-state index >= 15 is 0 Å². The lowest BCUT2D eigenvalue weighted by molar-refractivity contribution is 0.0955. The molecule has 0 spiro atoms. The normalized spacial score (nSPS) is 11.3. The fraction of sp³-hybridized carbons (Fsp3) is 0.0312.